The van der Waals surface area contributed by atoms with Gasteiger partial charge in [-0.2, -0.15) is 26.3 Å². The maximum Gasteiger partial charge on any atom is 0.416 e. The molecule has 13 heteroatoms. The van der Waals surface area contributed by atoms with E-state index in [9.17, 15) is 45.8 Å². The van der Waals surface area contributed by atoms with E-state index >= 15 is 0 Å². The number of anilines is 1. The third kappa shape index (κ3) is 6.73. The van der Waals surface area contributed by atoms with Crippen molar-refractivity contribution in [2.45, 2.75) is 51.1 Å². The SMILES string of the molecule is CC(=O)CC(=O)N(Cc1cc(C(F)(F)F)cc(C(F)(F)F)c1)C1CCCN(C(=O)O)c2cc(Cl)ccc21. The van der Waals surface area contributed by atoms with Crippen LogP contribution >= 0.6 is 11.6 Å². The van der Waals surface area contributed by atoms with E-state index < -0.39 is 65.8 Å². The van der Waals surface area contributed by atoms with Crippen molar-refractivity contribution < 1.29 is 45.8 Å². The van der Waals surface area contributed by atoms with Crippen molar-refractivity contribution >= 4 is 35.1 Å². The molecule has 6 nitrogen and oxygen atoms in total. The topological polar surface area (TPSA) is 77.9 Å². The van der Waals surface area contributed by atoms with Gasteiger partial charge in [0.2, 0.25) is 5.91 Å². The summed E-state index contributed by atoms with van der Waals surface area (Å²) >= 11 is 6.05. The smallest absolute Gasteiger partial charge is 0.416 e. The van der Waals surface area contributed by atoms with E-state index in [0.717, 1.165) is 16.7 Å². The Kier molecular flexibility index (Phi) is 8.11. The second-order valence-electron chi connectivity index (χ2n) is 8.61. The quantitative estimate of drug-likeness (QED) is 0.332. The van der Waals surface area contributed by atoms with Gasteiger partial charge in [0, 0.05) is 18.1 Å². The zero-order valence-corrected chi connectivity index (χ0v) is 20.0. The highest BCUT2D eigenvalue weighted by atomic mass is 35.5. The largest absolute Gasteiger partial charge is 0.465 e. The van der Waals surface area contributed by atoms with Gasteiger partial charge in [0.1, 0.15) is 5.78 Å². The van der Waals surface area contributed by atoms with Gasteiger partial charge in [0.15, 0.2) is 0 Å². The Balaban J connectivity index is 2.16. The first-order valence-electron chi connectivity index (χ1n) is 10.9. The van der Waals surface area contributed by atoms with Gasteiger partial charge >= 0.3 is 18.4 Å². The molecule has 0 bridgehead atoms. The molecule has 2 amide bonds. The molecule has 2 aromatic rings. The molecule has 0 aromatic heterocycles. The highest BCUT2D eigenvalue weighted by Gasteiger charge is 2.38. The van der Waals surface area contributed by atoms with Crippen LogP contribution in [0.5, 0.6) is 0 Å². The zero-order valence-electron chi connectivity index (χ0n) is 19.3. The number of nitrogens with zero attached hydrogens (tertiary/aromatic N) is 2. The summed E-state index contributed by atoms with van der Waals surface area (Å²) in [5, 5.41) is 9.83. The normalized spacial score (nSPS) is 16.1. The highest BCUT2D eigenvalue weighted by molar-refractivity contribution is 6.31. The lowest BCUT2D eigenvalue weighted by Crippen LogP contribution is -2.36. The first kappa shape index (κ1) is 28.3. The number of fused-ring (bicyclic) bond motifs is 1. The van der Waals surface area contributed by atoms with Crippen molar-refractivity contribution in [1.82, 2.24) is 4.90 Å². The lowest BCUT2D eigenvalue weighted by atomic mass is 9.97. The van der Waals surface area contributed by atoms with Gasteiger partial charge < -0.3 is 10.0 Å². The summed E-state index contributed by atoms with van der Waals surface area (Å²) in [5.41, 5.74) is -3.12. The van der Waals surface area contributed by atoms with Crippen LogP contribution in [0, 0.1) is 0 Å². The van der Waals surface area contributed by atoms with Gasteiger partial charge in [-0.3, -0.25) is 14.5 Å². The van der Waals surface area contributed by atoms with Crippen molar-refractivity contribution in [3.63, 3.8) is 0 Å². The Morgan fingerprint density at radius 3 is 2.14 bits per heavy atom. The number of amides is 2. The van der Waals surface area contributed by atoms with E-state index in [-0.39, 0.29) is 41.7 Å². The van der Waals surface area contributed by atoms with Gasteiger partial charge in [-0.1, -0.05) is 17.7 Å². The Bertz CT molecular complexity index is 1180. The van der Waals surface area contributed by atoms with E-state index in [1.807, 2.05) is 0 Å². The number of halogens is 7. The predicted molar refractivity (Wildman–Crippen MR) is 121 cm³/mol. The summed E-state index contributed by atoms with van der Waals surface area (Å²) in [6.07, 6.45) is -11.8. The number of hydrogen-bond donors (Lipinski definition) is 1. The minimum Gasteiger partial charge on any atom is -0.465 e. The molecule has 1 N–H and O–H groups in total. The van der Waals surface area contributed by atoms with Crippen LogP contribution in [0.4, 0.5) is 36.8 Å². The number of ketones is 1. The number of benzene rings is 2. The second kappa shape index (κ2) is 10.6. The maximum absolute atomic E-state index is 13.4. The third-order valence-electron chi connectivity index (χ3n) is 5.83. The van der Waals surface area contributed by atoms with Gasteiger partial charge in [-0.15, -0.1) is 0 Å². The van der Waals surface area contributed by atoms with E-state index in [2.05, 4.69) is 0 Å². The lowest BCUT2D eigenvalue weighted by molar-refractivity contribution is -0.143. The summed E-state index contributed by atoms with van der Waals surface area (Å²) in [4.78, 5) is 38.7. The first-order valence-corrected chi connectivity index (χ1v) is 11.3. The molecule has 1 unspecified atom stereocenters. The molecule has 1 aliphatic heterocycles. The van der Waals surface area contributed by atoms with Crippen LogP contribution in [-0.4, -0.2) is 34.3 Å². The molecule has 200 valence electrons. The van der Waals surface area contributed by atoms with Crippen molar-refractivity contribution in [3.05, 3.63) is 63.7 Å². The summed E-state index contributed by atoms with van der Waals surface area (Å²) < 4.78 is 80.4. The minimum atomic E-state index is -5.09. The number of Topliss-reactive ketones (excluding diaryl/α,β-unsaturated/α-hetero) is 1. The van der Waals surface area contributed by atoms with Crippen molar-refractivity contribution in [3.8, 4) is 0 Å². The Morgan fingerprint density at radius 2 is 1.62 bits per heavy atom. The van der Waals surface area contributed by atoms with Crippen molar-refractivity contribution in [1.29, 1.82) is 0 Å². The number of carbonyl (C=O) groups excluding carboxylic acids is 2. The summed E-state index contributed by atoms with van der Waals surface area (Å²) in [6.45, 7) is 0.448. The fourth-order valence-corrected chi connectivity index (χ4v) is 4.43. The molecule has 3 rings (SSSR count). The van der Waals surface area contributed by atoms with Crippen LogP contribution in [0.25, 0.3) is 0 Å². The van der Waals surface area contributed by atoms with E-state index in [1.54, 1.807) is 0 Å². The maximum atomic E-state index is 13.4. The summed E-state index contributed by atoms with van der Waals surface area (Å²) in [7, 11) is 0. The average molecular weight is 551 g/mol. The summed E-state index contributed by atoms with van der Waals surface area (Å²) in [6, 6.07) is 4.30. The molecule has 0 aliphatic carbocycles. The monoisotopic (exact) mass is 550 g/mol. The van der Waals surface area contributed by atoms with Crippen LogP contribution in [0.1, 0.15) is 54.5 Å². The van der Waals surface area contributed by atoms with Gasteiger partial charge in [-0.05, 0) is 61.2 Å². The predicted octanol–water partition coefficient (Wildman–Crippen LogP) is 6.70. The van der Waals surface area contributed by atoms with Crippen LogP contribution < -0.4 is 4.90 Å². The van der Waals surface area contributed by atoms with Gasteiger partial charge in [-0.25, -0.2) is 4.79 Å². The molecule has 0 saturated carbocycles. The molecule has 0 saturated heterocycles. The third-order valence-corrected chi connectivity index (χ3v) is 6.06. The van der Waals surface area contributed by atoms with E-state index in [0.29, 0.717) is 12.1 Å². The zero-order chi connectivity index (χ0) is 27.7. The average Bonchev–Trinajstić information content (AvgIpc) is 2.94. The fourth-order valence-electron chi connectivity index (χ4n) is 4.27. The Morgan fingerprint density at radius 1 is 1.03 bits per heavy atom. The minimum absolute atomic E-state index is 0.00962. The first-order chi connectivity index (χ1) is 17.1. The molecular formula is C24H21ClF6N2O4. The molecule has 1 aliphatic rings. The molecule has 2 aromatic carbocycles. The van der Waals surface area contributed by atoms with Gasteiger partial charge in [0.25, 0.3) is 0 Å². The van der Waals surface area contributed by atoms with Crippen LogP contribution in [0.3, 0.4) is 0 Å². The second-order valence-corrected chi connectivity index (χ2v) is 9.05. The van der Waals surface area contributed by atoms with E-state index in [4.69, 9.17) is 11.6 Å². The number of alkyl halides is 6. The molecule has 1 heterocycles. The van der Waals surface area contributed by atoms with Crippen LogP contribution in [0.2, 0.25) is 5.02 Å². The molecule has 37 heavy (non-hydrogen) atoms. The molecular weight excluding hydrogens is 530 g/mol. The van der Waals surface area contributed by atoms with Gasteiger partial charge in [0.05, 0.1) is 29.3 Å². The van der Waals surface area contributed by atoms with Crippen LogP contribution in [0.15, 0.2) is 36.4 Å². The number of hydrogen-bond acceptors (Lipinski definition) is 3. The summed E-state index contributed by atoms with van der Waals surface area (Å²) in [5.74, 6) is -1.39. The molecule has 0 fully saturated rings. The fraction of sp³-hybridized carbons (Fsp3) is 0.375. The number of rotatable bonds is 5. The van der Waals surface area contributed by atoms with Crippen molar-refractivity contribution in [2.75, 3.05) is 11.4 Å². The molecule has 0 radical (unpaired) electrons. The van der Waals surface area contributed by atoms with E-state index in [1.165, 1.54) is 18.2 Å². The number of carboxylic acid groups (broad SMARTS) is 1. The molecule has 0 spiro atoms. The van der Waals surface area contributed by atoms with Crippen molar-refractivity contribution in [2.24, 2.45) is 0 Å². The number of carbonyl (C=O) groups is 3. The highest BCUT2D eigenvalue weighted by Crippen LogP contribution is 2.41. The Hall–Kier alpha value is -3.28. The Labute approximate surface area is 212 Å². The lowest BCUT2D eigenvalue weighted by Gasteiger charge is -2.33. The van der Waals surface area contributed by atoms with Crippen LogP contribution in [-0.2, 0) is 28.5 Å². The standard InChI is InChI=1S/C24H21ClF6N2O4/c1-13(34)7-21(35)33(12-14-8-15(23(26,27)28)10-16(9-14)24(29,30)31)19-3-2-6-32(22(36)37)20-11-17(25)4-5-18(19)20/h4-5,8-11,19H,2-3,6-7,12H2,1H3,(H,36,37). The molecule has 1 atom stereocenters.